The van der Waals surface area contributed by atoms with Crippen molar-refractivity contribution in [3.8, 4) is 0 Å². The minimum atomic E-state index is -0.723. The molecule has 1 aromatic carbocycles. The molecule has 3 aromatic rings. The van der Waals surface area contributed by atoms with Gasteiger partial charge in [-0.1, -0.05) is 41.4 Å². The quantitative estimate of drug-likeness (QED) is 0.240. The molecule has 2 aromatic heterocycles. The summed E-state index contributed by atoms with van der Waals surface area (Å²) in [5.41, 5.74) is 3.48. The molecule has 0 aliphatic carbocycles. The van der Waals surface area contributed by atoms with Gasteiger partial charge in [0, 0.05) is 22.4 Å². The molecular formula is C25H25Cl2N3O5. The van der Waals surface area contributed by atoms with Crippen molar-refractivity contribution >= 4 is 47.0 Å². The number of halogens is 2. The van der Waals surface area contributed by atoms with Crippen molar-refractivity contribution in [2.24, 2.45) is 0 Å². The molecule has 0 amide bonds. The molecule has 3 rings (SSSR count). The lowest BCUT2D eigenvalue weighted by Gasteiger charge is -2.05. The van der Waals surface area contributed by atoms with Crippen molar-refractivity contribution in [2.75, 3.05) is 13.2 Å². The summed E-state index contributed by atoms with van der Waals surface area (Å²) in [6, 6.07) is 7.37. The maximum atomic E-state index is 12.6. The van der Waals surface area contributed by atoms with E-state index in [-0.39, 0.29) is 12.3 Å². The number of aromatic nitrogens is 3. The number of hydrogen-bond donors (Lipinski definition) is 1. The molecule has 0 atom stereocenters. The van der Waals surface area contributed by atoms with Crippen molar-refractivity contribution in [2.45, 2.75) is 34.2 Å². The number of aryl methyl sites for hydroxylation is 2. The SMILES string of the molecule is CCOC(=O)c1c(C)[nH]c(C(=O)COC(=O)/C=C/c2c(C)nn(Cc3ccccc3Cl)c2Cl)c1C. The summed E-state index contributed by atoms with van der Waals surface area (Å²) >= 11 is 12.7. The van der Waals surface area contributed by atoms with E-state index in [1.165, 1.54) is 12.2 Å². The second-order valence-corrected chi connectivity index (χ2v) is 8.51. The predicted molar refractivity (Wildman–Crippen MR) is 133 cm³/mol. The van der Waals surface area contributed by atoms with E-state index in [0.717, 1.165) is 5.56 Å². The summed E-state index contributed by atoms with van der Waals surface area (Å²) in [6.07, 6.45) is 2.67. The summed E-state index contributed by atoms with van der Waals surface area (Å²) in [5, 5.41) is 5.35. The number of benzene rings is 1. The van der Waals surface area contributed by atoms with Gasteiger partial charge in [-0.15, -0.1) is 0 Å². The molecule has 0 spiro atoms. The Morgan fingerprint density at radius 3 is 2.51 bits per heavy atom. The minimum Gasteiger partial charge on any atom is -0.462 e. The van der Waals surface area contributed by atoms with Crippen LogP contribution in [0.4, 0.5) is 0 Å². The van der Waals surface area contributed by atoms with Crippen LogP contribution in [-0.4, -0.2) is 45.7 Å². The highest BCUT2D eigenvalue weighted by molar-refractivity contribution is 6.32. The van der Waals surface area contributed by atoms with Crippen molar-refractivity contribution in [3.63, 3.8) is 0 Å². The summed E-state index contributed by atoms with van der Waals surface area (Å²) in [5.74, 6) is -1.70. The van der Waals surface area contributed by atoms with E-state index in [4.69, 9.17) is 32.7 Å². The van der Waals surface area contributed by atoms with Crippen LogP contribution in [0.3, 0.4) is 0 Å². The fourth-order valence-corrected chi connectivity index (χ4v) is 4.09. The molecule has 0 unspecified atom stereocenters. The zero-order valence-electron chi connectivity index (χ0n) is 19.8. The lowest BCUT2D eigenvalue weighted by atomic mass is 10.1. The van der Waals surface area contributed by atoms with Gasteiger partial charge in [-0.05, 0) is 51.0 Å². The molecule has 35 heavy (non-hydrogen) atoms. The van der Waals surface area contributed by atoms with E-state index in [1.54, 1.807) is 38.4 Å². The highest BCUT2D eigenvalue weighted by Gasteiger charge is 2.23. The third kappa shape index (κ3) is 6.01. The smallest absolute Gasteiger partial charge is 0.340 e. The molecule has 0 aliphatic rings. The molecule has 0 fully saturated rings. The standard InChI is InChI=1S/C25H25Cl2N3O5/c1-5-34-25(33)22-14(2)23(28-16(22)4)20(31)13-35-21(32)11-10-18-15(3)29-30(24(18)27)12-17-8-6-7-9-19(17)26/h6-11,28H,5,12-13H2,1-4H3/b11-10+. The van der Waals surface area contributed by atoms with Gasteiger partial charge in [-0.2, -0.15) is 5.10 Å². The first-order valence-electron chi connectivity index (χ1n) is 10.8. The number of rotatable bonds is 9. The molecule has 8 nitrogen and oxygen atoms in total. The van der Waals surface area contributed by atoms with Gasteiger partial charge >= 0.3 is 11.9 Å². The maximum absolute atomic E-state index is 12.6. The van der Waals surface area contributed by atoms with Crippen LogP contribution < -0.4 is 0 Å². The zero-order chi connectivity index (χ0) is 25.7. The highest BCUT2D eigenvalue weighted by Crippen LogP contribution is 2.24. The van der Waals surface area contributed by atoms with Crippen molar-refractivity contribution in [1.82, 2.24) is 14.8 Å². The number of nitrogens with one attached hydrogen (secondary N) is 1. The fourth-order valence-electron chi connectivity index (χ4n) is 3.60. The Labute approximate surface area is 212 Å². The van der Waals surface area contributed by atoms with Gasteiger partial charge in [-0.25, -0.2) is 14.3 Å². The van der Waals surface area contributed by atoms with E-state index in [1.807, 2.05) is 18.2 Å². The number of carbonyl (C=O) groups excluding carboxylic acids is 3. The zero-order valence-corrected chi connectivity index (χ0v) is 21.3. The number of aromatic amines is 1. The number of esters is 2. The van der Waals surface area contributed by atoms with Crippen molar-refractivity contribution in [1.29, 1.82) is 0 Å². The first-order chi connectivity index (χ1) is 16.6. The van der Waals surface area contributed by atoms with Crippen LogP contribution >= 0.6 is 23.2 Å². The Balaban J connectivity index is 1.65. The highest BCUT2D eigenvalue weighted by atomic mass is 35.5. The van der Waals surface area contributed by atoms with Gasteiger partial charge in [0.15, 0.2) is 6.61 Å². The van der Waals surface area contributed by atoms with Crippen molar-refractivity contribution < 1.29 is 23.9 Å². The third-order valence-electron chi connectivity index (χ3n) is 5.31. The maximum Gasteiger partial charge on any atom is 0.340 e. The van der Waals surface area contributed by atoms with Gasteiger partial charge in [0.25, 0.3) is 0 Å². The predicted octanol–water partition coefficient (Wildman–Crippen LogP) is 5.11. The number of Topliss-reactive ketones (excluding diaryl/α,β-unsaturated/α-hetero) is 1. The number of nitrogens with zero attached hydrogens (tertiary/aromatic N) is 2. The molecule has 0 saturated heterocycles. The Hall–Kier alpha value is -3.36. The van der Waals surface area contributed by atoms with Crippen LogP contribution in [-0.2, 0) is 20.8 Å². The lowest BCUT2D eigenvalue weighted by Crippen LogP contribution is -2.14. The molecule has 0 saturated carbocycles. The van der Waals surface area contributed by atoms with Crippen LogP contribution in [0.2, 0.25) is 10.2 Å². The molecular weight excluding hydrogens is 493 g/mol. The average Bonchev–Trinajstić information content (AvgIpc) is 3.26. The molecule has 1 N–H and O–H groups in total. The largest absolute Gasteiger partial charge is 0.462 e. The van der Waals surface area contributed by atoms with Crippen LogP contribution in [0, 0.1) is 20.8 Å². The minimum absolute atomic E-state index is 0.196. The van der Waals surface area contributed by atoms with Crippen LogP contribution in [0.5, 0.6) is 0 Å². The first-order valence-corrected chi connectivity index (χ1v) is 11.6. The molecule has 2 heterocycles. The Morgan fingerprint density at radius 1 is 1.11 bits per heavy atom. The average molecular weight is 518 g/mol. The monoisotopic (exact) mass is 517 g/mol. The number of ether oxygens (including phenoxy) is 2. The van der Waals surface area contributed by atoms with Crippen LogP contribution in [0.25, 0.3) is 6.08 Å². The van der Waals surface area contributed by atoms with E-state index < -0.39 is 24.3 Å². The molecule has 0 aliphatic heterocycles. The number of H-pyrrole nitrogens is 1. The molecule has 0 radical (unpaired) electrons. The number of ketones is 1. The van der Waals surface area contributed by atoms with E-state index >= 15 is 0 Å². The number of hydrogen-bond acceptors (Lipinski definition) is 6. The Kier molecular flexibility index (Phi) is 8.53. The van der Waals surface area contributed by atoms with Gasteiger partial charge in [0.05, 0.1) is 30.1 Å². The lowest BCUT2D eigenvalue weighted by molar-refractivity contribution is -0.136. The van der Waals surface area contributed by atoms with Gasteiger partial charge in [0.2, 0.25) is 5.78 Å². The van der Waals surface area contributed by atoms with Crippen LogP contribution in [0.1, 0.15) is 55.8 Å². The van der Waals surface area contributed by atoms with Gasteiger partial charge < -0.3 is 14.5 Å². The van der Waals surface area contributed by atoms with E-state index in [2.05, 4.69) is 10.1 Å². The Morgan fingerprint density at radius 2 is 1.83 bits per heavy atom. The topological polar surface area (TPSA) is 103 Å². The normalized spacial score (nSPS) is 11.1. The summed E-state index contributed by atoms with van der Waals surface area (Å²) in [7, 11) is 0. The second kappa shape index (κ2) is 11.4. The summed E-state index contributed by atoms with van der Waals surface area (Å²) < 4.78 is 11.7. The van der Waals surface area contributed by atoms with Crippen LogP contribution in [0.15, 0.2) is 30.3 Å². The van der Waals surface area contributed by atoms with Crippen molar-refractivity contribution in [3.05, 3.63) is 79.9 Å². The molecule has 10 heteroatoms. The number of carbonyl (C=O) groups is 3. The second-order valence-electron chi connectivity index (χ2n) is 7.75. The van der Waals surface area contributed by atoms with Gasteiger partial charge in [-0.3, -0.25) is 4.79 Å². The van der Waals surface area contributed by atoms with E-state index in [9.17, 15) is 14.4 Å². The van der Waals surface area contributed by atoms with Gasteiger partial charge in [0.1, 0.15) is 5.15 Å². The van der Waals surface area contributed by atoms with E-state index in [0.29, 0.717) is 44.8 Å². The molecule has 0 bridgehead atoms. The summed E-state index contributed by atoms with van der Waals surface area (Å²) in [4.78, 5) is 39.8. The first kappa shape index (κ1) is 26.2. The fraction of sp³-hybridized carbons (Fsp3) is 0.280. The Bertz CT molecular complexity index is 1310. The summed E-state index contributed by atoms with van der Waals surface area (Å²) in [6.45, 7) is 6.87. The third-order valence-corrected chi connectivity index (χ3v) is 6.08. The molecule has 184 valence electrons.